The molecule has 0 aliphatic rings. The number of hydrogen-bond acceptors (Lipinski definition) is 5. The first kappa shape index (κ1) is 15.3. The second kappa shape index (κ2) is 7.04. The Morgan fingerprint density at radius 3 is 2.95 bits per heavy atom. The molecule has 108 valence electrons. The Kier molecular flexibility index (Phi) is 5.37. The molecule has 0 amide bonds. The highest BCUT2D eigenvalue weighted by atomic mass is 79.9. The lowest BCUT2D eigenvalue weighted by Crippen LogP contribution is -2.31. The Bertz CT molecular complexity index is 544. The molecular weight excluding hydrogens is 336 g/mol. The number of likely N-dealkylation sites (N-methyl/N-ethyl adjacent to an activating group) is 1. The number of hydrogen-bond donors (Lipinski definition) is 1. The standard InChI is InChI=1S/C14H19BrN4S/c1-4-16-14-17-9-12(15)13(18-14)19(3)10(2)8-11-6-5-7-20-11/h5-7,9-10H,4,8H2,1-3H3,(H,16,17,18). The molecule has 2 heterocycles. The number of rotatable bonds is 6. The summed E-state index contributed by atoms with van der Waals surface area (Å²) in [5.41, 5.74) is 0. The van der Waals surface area contributed by atoms with Gasteiger partial charge in [-0.3, -0.25) is 0 Å². The van der Waals surface area contributed by atoms with Crippen molar-refractivity contribution in [2.45, 2.75) is 26.3 Å². The number of thiophene rings is 1. The molecule has 0 saturated carbocycles. The van der Waals surface area contributed by atoms with Gasteiger partial charge in [0.1, 0.15) is 5.82 Å². The van der Waals surface area contributed by atoms with Crippen LogP contribution in [0.1, 0.15) is 18.7 Å². The molecule has 1 N–H and O–H groups in total. The van der Waals surface area contributed by atoms with Gasteiger partial charge in [0.25, 0.3) is 0 Å². The Labute approximate surface area is 132 Å². The molecule has 4 nitrogen and oxygen atoms in total. The van der Waals surface area contributed by atoms with Crippen LogP contribution in [0.2, 0.25) is 0 Å². The normalized spacial score (nSPS) is 12.2. The quantitative estimate of drug-likeness (QED) is 0.856. The topological polar surface area (TPSA) is 41.1 Å². The number of anilines is 2. The van der Waals surface area contributed by atoms with Gasteiger partial charge in [-0.05, 0) is 41.2 Å². The minimum Gasteiger partial charge on any atom is -0.356 e. The van der Waals surface area contributed by atoms with Gasteiger partial charge in [0.2, 0.25) is 5.95 Å². The molecule has 0 radical (unpaired) electrons. The van der Waals surface area contributed by atoms with E-state index in [0.717, 1.165) is 23.3 Å². The largest absolute Gasteiger partial charge is 0.356 e. The number of aromatic nitrogens is 2. The molecule has 0 aliphatic heterocycles. The van der Waals surface area contributed by atoms with Crippen molar-refractivity contribution in [1.82, 2.24) is 9.97 Å². The van der Waals surface area contributed by atoms with Crippen LogP contribution in [0.4, 0.5) is 11.8 Å². The van der Waals surface area contributed by atoms with Crippen LogP contribution >= 0.6 is 27.3 Å². The van der Waals surface area contributed by atoms with Crippen LogP contribution in [0.3, 0.4) is 0 Å². The van der Waals surface area contributed by atoms with E-state index in [1.54, 1.807) is 17.5 Å². The Hall–Kier alpha value is -1.14. The van der Waals surface area contributed by atoms with Gasteiger partial charge >= 0.3 is 0 Å². The van der Waals surface area contributed by atoms with Crippen LogP contribution in [-0.2, 0) is 6.42 Å². The first-order valence-corrected chi connectivity index (χ1v) is 8.30. The minimum atomic E-state index is 0.370. The predicted molar refractivity (Wildman–Crippen MR) is 89.8 cm³/mol. The van der Waals surface area contributed by atoms with Crippen molar-refractivity contribution in [3.05, 3.63) is 33.1 Å². The van der Waals surface area contributed by atoms with Gasteiger partial charge in [-0.25, -0.2) is 4.98 Å². The van der Waals surface area contributed by atoms with E-state index in [2.05, 4.69) is 67.6 Å². The van der Waals surface area contributed by atoms with Gasteiger partial charge < -0.3 is 10.2 Å². The van der Waals surface area contributed by atoms with E-state index in [1.807, 2.05) is 6.92 Å². The van der Waals surface area contributed by atoms with E-state index < -0.39 is 0 Å². The monoisotopic (exact) mass is 354 g/mol. The summed E-state index contributed by atoms with van der Waals surface area (Å²) >= 11 is 5.33. The third-order valence-electron chi connectivity index (χ3n) is 3.13. The fraction of sp³-hybridized carbons (Fsp3) is 0.429. The van der Waals surface area contributed by atoms with Crippen LogP contribution in [0.5, 0.6) is 0 Å². The molecule has 1 atom stereocenters. The summed E-state index contributed by atoms with van der Waals surface area (Å²) in [5.74, 6) is 1.58. The maximum atomic E-state index is 4.57. The SMILES string of the molecule is CCNc1ncc(Br)c(N(C)C(C)Cc2cccs2)n1. The van der Waals surface area contributed by atoms with Crippen molar-refractivity contribution in [2.75, 3.05) is 23.8 Å². The van der Waals surface area contributed by atoms with Crippen molar-refractivity contribution in [3.63, 3.8) is 0 Å². The van der Waals surface area contributed by atoms with Crippen molar-refractivity contribution >= 4 is 39.0 Å². The van der Waals surface area contributed by atoms with E-state index in [4.69, 9.17) is 0 Å². The van der Waals surface area contributed by atoms with Crippen LogP contribution in [-0.4, -0.2) is 29.6 Å². The molecule has 2 rings (SSSR count). The summed E-state index contributed by atoms with van der Waals surface area (Å²) < 4.78 is 0.916. The van der Waals surface area contributed by atoms with Crippen LogP contribution in [0.25, 0.3) is 0 Å². The average molecular weight is 355 g/mol. The Morgan fingerprint density at radius 1 is 1.50 bits per heavy atom. The summed E-state index contributed by atoms with van der Waals surface area (Å²) in [7, 11) is 2.07. The highest BCUT2D eigenvalue weighted by Gasteiger charge is 2.16. The van der Waals surface area contributed by atoms with Gasteiger partial charge in [-0.2, -0.15) is 4.98 Å². The van der Waals surface area contributed by atoms with Crippen molar-refractivity contribution in [1.29, 1.82) is 0 Å². The molecule has 0 bridgehead atoms. The third-order valence-corrected chi connectivity index (χ3v) is 4.59. The molecular formula is C14H19BrN4S. The van der Waals surface area contributed by atoms with Gasteiger partial charge in [0.15, 0.2) is 0 Å². The van der Waals surface area contributed by atoms with Crippen molar-refractivity contribution in [2.24, 2.45) is 0 Å². The summed E-state index contributed by atoms with van der Waals surface area (Å²) in [6, 6.07) is 4.64. The number of halogens is 1. The van der Waals surface area contributed by atoms with E-state index in [1.165, 1.54) is 4.88 Å². The third kappa shape index (κ3) is 3.70. The second-order valence-corrected chi connectivity index (χ2v) is 6.53. The fourth-order valence-corrected chi connectivity index (χ4v) is 3.21. The predicted octanol–water partition coefficient (Wildman–Crippen LogP) is 3.80. The Balaban J connectivity index is 2.14. The first-order valence-electron chi connectivity index (χ1n) is 6.63. The first-order chi connectivity index (χ1) is 9.61. The smallest absolute Gasteiger partial charge is 0.224 e. The lowest BCUT2D eigenvalue weighted by Gasteiger charge is -2.26. The molecule has 0 aromatic carbocycles. The highest BCUT2D eigenvalue weighted by molar-refractivity contribution is 9.10. The molecule has 1 unspecified atom stereocenters. The van der Waals surface area contributed by atoms with Crippen molar-refractivity contribution < 1.29 is 0 Å². The molecule has 2 aromatic rings. The molecule has 2 aromatic heterocycles. The molecule has 0 spiro atoms. The Morgan fingerprint density at radius 2 is 2.30 bits per heavy atom. The average Bonchev–Trinajstić information content (AvgIpc) is 2.93. The minimum absolute atomic E-state index is 0.370. The van der Waals surface area contributed by atoms with E-state index in [-0.39, 0.29) is 0 Å². The maximum Gasteiger partial charge on any atom is 0.224 e. The second-order valence-electron chi connectivity index (χ2n) is 4.64. The molecule has 0 fully saturated rings. The van der Waals surface area contributed by atoms with Gasteiger partial charge in [0.05, 0.1) is 4.47 Å². The van der Waals surface area contributed by atoms with E-state index >= 15 is 0 Å². The van der Waals surface area contributed by atoms with Crippen molar-refractivity contribution in [3.8, 4) is 0 Å². The van der Waals surface area contributed by atoms with Crippen LogP contribution in [0.15, 0.2) is 28.2 Å². The lowest BCUT2D eigenvalue weighted by molar-refractivity contribution is 0.678. The fourth-order valence-electron chi connectivity index (χ4n) is 1.91. The summed E-state index contributed by atoms with van der Waals surface area (Å²) in [6.07, 6.45) is 2.82. The summed E-state index contributed by atoms with van der Waals surface area (Å²) in [5, 5.41) is 5.26. The highest BCUT2D eigenvalue weighted by Crippen LogP contribution is 2.26. The molecule has 0 aliphatic carbocycles. The molecule has 0 saturated heterocycles. The maximum absolute atomic E-state index is 4.57. The zero-order valence-electron chi connectivity index (χ0n) is 11.9. The van der Waals surface area contributed by atoms with Gasteiger partial charge in [-0.1, -0.05) is 6.07 Å². The van der Waals surface area contributed by atoms with Crippen LogP contribution in [0, 0.1) is 0 Å². The van der Waals surface area contributed by atoms with Crippen LogP contribution < -0.4 is 10.2 Å². The zero-order chi connectivity index (χ0) is 14.5. The molecule has 20 heavy (non-hydrogen) atoms. The molecule has 6 heteroatoms. The summed E-state index contributed by atoms with van der Waals surface area (Å²) in [6.45, 7) is 5.06. The summed E-state index contributed by atoms with van der Waals surface area (Å²) in [4.78, 5) is 12.4. The van der Waals surface area contributed by atoms with E-state index in [0.29, 0.717) is 12.0 Å². The zero-order valence-corrected chi connectivity index (χ0v) is 14.3. The van der Waals surface area contributed by atoms with Gasteiger partial charge in [0, 0.05) is 37.1 Å². The lowest BCUT2D eigenvalue weighted by atomic mass is 10.2. The number of nitrogens with one attached hydrogen (secondary N) is 1. The van der Waals surface area contributed by atoms with Gasteiger partial charge in [-0.15, -0.1) is 11.3 Å². The van der Waals surface area contributed by atoms with E-state index in [9.17, 15) is 0 Å². The number of nitrogens with zero attached hydrogens (tertiary/aromatic N) is 3.